The van der Waals surface area contributed by atoms with Crippen LogP contribution in [-0.4, -0.2) is 15.4 Å². The summed E-state index contributed by atoms with van der Waals surface area (Å²) in [7, 11) is 0. The SMILES string of the molecule is Cc1ccc2nc(CCCl)n(Cc3ccco3)c2c1. The number of rotatable bonds is 4. The van der Waals surface area contributed by atoms with E-state index in [2.05, 4.69) is 34.7 Å². The Kier molecular flexibility index (Phi) is 3.30. The maximum absolute atomic E-state index is 5.87. The molecule has 0 bridgehead atoms. The molecule has 19 heavy (non-hydrogen) atoms. The van der Waals surface area contributed by atoms with E-state index in [1.807, 2.05) is 12.1 Å². The molecule has 0 aliphatic carbocycles. The number of halogens is 1. The van der Waals surface area contributed by atoms with Crippen LogP contribution in [0.3, 0.4) is 0 Å². The number of alkyl halides is 1. The summed E-state index contributed by atoms with van der Waals surface area (Å²) < 4.78 is 7.62. The summed E-state index contributed by atoms with van der Waals surface area (Å²) in [6.07, 6.45) is 2.46. The van der Waals surface area contributed by atoms with Crippen molar-refractivity contribution in [1.82, 2.24) is 9.55 Å². The molecule has 0 saturated heterocycles. The van der Waals surface area contributed by atoms with E-state index in [9.17, 15) is 0 Å². The van der Waals surface area contributed by atoms with Crippen LogP contribution in [0.15, 0.2) is 41.0 Å². The molecule has 0 fully saturated rings. The predicted molar refractivity (Wildman–Crippen MR) is 76.7 cm³/mol. The third-order valence-electron chi connectivity index (χ3n) is 3.19. The number of fused-ring (bicyclic) bond motifs is 1. The largest absolute Gasteiger partial charge is 0.467 e. The topological polar surface area (TPSA) is 31.0 Å². The van der Waals surface area contributed by atoms with Crippen molar-refractivity contribution in [2.24, 2.45) is 0 Å². The van der Waals surface area contributed by atoms with E-state index in [4.69, 9.17) is 16.0 Å². The zero-order valence-corrected chi connectivity index (χ0v) is 11.5. The first-order chi connectivity index (χ1) is 9.28. The molecule has 0 atom stereocenters. The average Bonchev–Trinajstić information content (AvgIpc) is 3.00. The van der Waals surface area contributed by atoms with Gasteiger partial charge in [-0.1, -0.05) is 6.07 Å². The lowest BCUT2D eigenvalue weighted by Gasteiger charge is -2.06. The second-order valence-electron chi connectivity index (χ2n) is 4.62. The van der Waals surface area contributed by atoms with Crippen molar-refractivity contribution in [1.29, 1.82) is 0 Å². The fraction of sp³-hybridized carbons (Fsp3) is 0.267. The van der Waals surface area contributed by atoms with Crippen LogP contribution >= 0.6 is 11.6 Å². The summed E-state index contributed by atoms with van der Waals surface area (Å²) in [5, 5.41) is 0. The Bertz CT molecular complexity index is 686. The summed E-state index contributed by atoms with van der Waals surface area (Å²) >= 11 is 5.87. The second kappa shape index (κ2) is 5.10. The number of benzene rings is 1. The van der Waals surface area contributed by atoms with Crippen LogP contribution < -0.4 is 0 Å². The lowest BCUT2D eigenvalue weighted by molar-refractivity contribution is 0.492. The summed E-state index contributed by atoms with van der Waals surface area (Å²) in [5.74, 6) is 2.50. The highest BCUT2D eigenvalue weighted by Gasteiger charge is 2.11. The van der Waals surface area contributed by atoms with Crippen molar-refractivity contribution < 1.29 is 4.42 Å². The fourth-order valence-corrected chi connectivity index (χ4v) is 2.46. The highest BCUT2D eigenvalue weighted by Crippen LogP contribution is 2.20. The minimum absolute atomic E-state index is 0.570. The highest BCUT2D eigenvalue weighted by molar-refractivity contribution is 6.17. The maximum atomic E-state index is 5.87. The molecule has 1 aromatic carbocycles. The molecule has 0 aliphatic heterocycles. The number of nitrogens with zero attached hydrogens (tertiary/aromatic N) is 2. The summed E-state index contributed by atoms with van der Waals surface area (Å²) in [5.41, 5.74) is 3.37. The van der Waals surface area contributed by atoms with Gasteiger partial charge in [0.15, 0.2) is 0 Å². The molecule has 0 radical (unpaired) electrons. The van der Waals surface area contributed by atoms with Crippen LogP contribution in [0.25, 0.3) is 11.0 Å². The first-order valence-electron chi connectivity index (χ1n) is 6.32. The van der Waals surface area contributed by atoms with Gasteiger partial charge < -0.3 is 8.98 Å². The molecule has 3 rings (SSSR count). The van der Waals surface area contributed by atoms with Gasteiger partial charge in [-0.05, 0) is 36.8 Å². The molecule has 2 aromatic heterocycles. The van der Waals surface area contributed by atoms with Gasteiger partial charge in [0.05, 0.1) is 23.8 Å². The lowest BCUT2D eigenvalue weighted by atomic mass is 10.2. The van der Waals surface area contributed by atoms with Gasteiger partial charge >= 0.3 is 0 Å². The quantitative estimate of drug-likeness (QED) is 0.678. The molecule has 0 saturated carbocycles. The van der Waals surface area contributed by atoms with Crippen LogP contribution in [-0.2, 0) is 13.0 Å². The van der Waals surface area contributed by atoms with Crippen molar-refractivity contribution in [3.63, 3.8) is 0 Å². The number of furan rings is 1. The Morgan fingerprint density at radius 2 is 2.21 bits per heavy atom. The Labute approximate surface area is 116 Å². The molecule has 0 spiro atoms. The molecule has 98 valence electrons. The van der Waals surface area contributed by atoms with Gasteiger partial charge in [0.2, 0.25) is 0 Å². The highest BCUT2D eigenvalue weighted by atomic mass is 35.5. The van der Waals surface area contributed by atoms with Gasteiger partial charge in [0, 0.05) is 12.3 Å². The van der Waals surface area contributed by atoms with E-state index < -0.39 is 0 Å². The number of aryl methyl sites for hydroxylation is 2. The zero-order chi connectivity index (χ0) is 13.2. The summed E-state index contributed by atoms with van der Waals surface area (Å²) in [6, 6.07) is 10.2. The van der Waals surface area contributed by atoms with Crippen molar-refractivity contribution in [2.45, 2.75) is 19.9 Å². The van der Waals surface area contributed by atoms with Gasteiger partial charge in [-0.2, -0.15) is 0 Å². The molecular formula is C15H15ClN2O. The smallest absolute Gasteiger partial charge is 0.123 e. The summed E-state index contributed by atoms with van der Waals surface area (Å²) in [6.45, 7) is 2.78. The van der Waals surface area contributed by atoms with E-state index in [1.165, 1.54) is 5.56 Å². The molecule has 0 N–H and O–H groups in total. The monoisotopic (exact) mass is 274 g/mol. The van der Waals surface area contributed by atoms with Gasteiger partial charge in [-0.3, -0.25) is 0 Å². The fourth-order valence-electron chi connectivity index (χ4n) is 2.29. The molecule has 0 aliphatic rings. The van der Waals surface area contributed by atoms with E-state index in [0.29, 0.717) is 12.4 Å². The molecule has 0 amide bonds. The van der Waals surface area contributed by atoms with Crippen molar-refractivity contribution in [3.05, 3.63) is 53.7 Å². The van der Waals surface area contributed by atoms with Crippen molar-refractivity contribution in [2.75, 3.05) is 5.88 Å². The zero-order valence-electron chi connectivity index (χ0n) is 10.8. The average molecular weight is 275 g/mol. The Hall–Kier alpha value is -1.74. The van der Waals surface area contributed by atoms with Crippen LogP contribution in [0.1, 0.15) is 17.1 Å². The standard InChI is InChI=1S/C15H15ClN2O/c1-11-4-5-13-14(9-11)18(15(17-13)6-7-16)10-12-3-2-8-19-12/h2-5,8-9H,6-7,10H2,1H3. The van der Waals surface area contributed by atoms with Crippen molar-refractivity contribution >= 4 is 22.6 Å². The second-order valence-corrected chi connectivity index (χ2v) is 5.00. The van der Waals surface area contributed by atoms with Gasteiger partial charge in [0.25, 0.3) is 0 Å². The molecule has 0 unspecified atom stereocenters. The van der Waals surface area contributed by atoms with Crippen molar-refractivity contribution in [3.8, 4) is 0 Å². The predicted octanol–water partition coefficient (Wildman–Crippen LogP) is 3.77. The number of aromatic nitrogens is 2. The van der Waals surface area contributed by atoms with Crippen LogP contribution in [0.4, 0.5) is 0 Å². The van der Waals surface area contributed by atoms with Crippen LogP contribution in [0, 0.1) is 6.92 Å². The first-order valence-corrected chi connectivity index (χ1v) is 6.85. The summed E-state index contributed by atoms with van der Waals surface area (Å²) in [4.78, 5) is 4.66. The number of hydrogen-bond acceptors (Lipinski definition) is 2. The molecule has 2 heterocycles. The minimum Gasteiger partial charge on any atom is -0.467 e. The third-order valence-corrected chi connectivity index (χ3v) is 3.38. The Morgan fingerprint density at radius 3 is 2.95 bits per heavy atom. The Balaban J connectivity index is 2.12. The van der Waals surface area contributed by atoms with Gasteiger partial charge in [-0.15, -0.1) is 11.6 Å². The van der Waals surface area contributed by atoms with Crippen LogP contribution in [0.2, 0.25) is 0 Å². The minimum atomic E-state index is 0.570. The van der Waals surface area contributed by atoms with Crippen LogP contribution in [0.5, 0.6) is 0 Å². The number of hydrogen-bond donors (Lipinski definition) is 0. The van der Waals surface area contributed by atoms with E-state index >= 15 is 0 Å². The number of imidazole rings is 1. The lowest BCUT2D eigenvalue weighted by Crippen LogP contribution is -2.05. The van der Waals surface area contributed by atoms with E-state index in [1.54, 1.807) is 6.26 Å². The van der Waals surface area contributed by atoms with Gasteiger partial charge in [0.1, 0.15) is 11.6 Å². The molecule has 3 aromatic rings. The molecule has 3 nitrogen and oxygen atoms in total. The maximum Gasteiger partial charge on any atom is 0.123 e. The Morgan fingerprint density at radius 1 is 1.32 bits per heavy atom. The normalized spacial score (nSPS) is 11.3. The van der Waals surface area contributed by atoms with Gasteiger partial charge in [-0.25, -0.2) is 4.98 Å². The first kappa shape index (κ1) is 12.3. The molecule has 4 heteroatoms. The third kappa shape index (κ3) is 2.38. The van der Waals surface area contributed by atoms with E-state index in [-0.39, 0.29) is 0 Å². The molecular weight excluding hydrogens is 260 g/mol. The van der Waals surface area contributed by atoms with E-state index in [0.717, 1.165) is 29.0 Å².